The number of rotatable bonds is 3. The van der Waals surface area contributed by atoms with E-state index in [-0.39, 0.29) is 7.83 Å². The van der Waals surface area contributed by atoms with Gasteiger partial charge in [-0.15, -0.1) is 0 Å². The van der Waals surface area contributed by atoms with E-state index in [0.29, 0.717) is 0 Å². The second kappa shape index (κ2) is 4.80. The lowest BCUT2D eigenvalue weighted by atomic mass is 11.0. The van der Waals surface area contributed by atoms with Gasteiger partial charge < -0.3 is 0 Å². The molecule has 0 aromatic rings. The molecule has 0 aliphatic heterocycles. The average molecular weight is 142 g/mol. The highest BCUT2D eigenvalue weighted by Crippen LogP contribution is 1.84. The van der Waals surface area contributed by atoms with Crippen LogP contribution in [0.25, 0.3) is 0 Å². The highest BCUT2D eigenvalue weighted by molar-refractivity contribution is 7.34. The van der Waals surface area contributed by atoms with Gasteiger partial charge in [-0.1, -0.05) is 25.9 Å². The minimum absolute atomic E-state index is 0.0466. The molecule has 6 radical (unpaired) electrons. The lowest BCUT2D eigenvalue weighted by Crippen LogP contribution is -2.20. The van der Waals surface area contributed by atoms with Crippen LogP contribution in [0.2, 0.25) is 12.1 Å². The molecule has 3 heteroatoms. The molecule has 0 N–H and O–H groups in total. The predicted octanol–water partition coefficient (Wildman–Crippen LogP) is 0.805. The van der Waals surface area contributed by atoms with Gasteiger partial charge in [0.15, 0.2) is 0 Å². The topological polar surface area (TPSA) is 0 Å². The van der Waals surface area contributed by atoms with Crippen molar-refractivity contribution in [3.63, 3.8) is 0 Å². The summed E-state index contributed by atoms with van der Waals surface area (Å²) in [5.41, 5.74) is 0. The van der Waals surface area contributed by atoms with E-state index in [1.54, 1.807) is 0 Å². The fourth-order valence-electron chi connectivity index (χ4n) is 0.338. The molecule has 0 rings (SSSR count). The fraction of sp³-hybridized carbons (Fsp3) is 1.00. The van der Waals surface area contributed by atoms with Gasteiger partial charge in [0, 0.05) is 26.6 Å². The quantitative estimate of drug-likeness (QED) is 0.512. The average Bonchev–Trinajstić information content (AvgIpc) is 1.68. The summed E-state index contributed by atoms with van der Waals surface area (Å²) in [5.74, 6) is 0. The largest absolute Gasteiger partial charge is 0.0684 e. The van der Waals surface area contributed by atoms with Gasteiger partial charge in [0.05, 0.1) is 0 Å². The normalized spacial score (nSPS) is 10.3. The molecule has 38 valence electrons. The van der Waals surface area contributed by atoms with E-state index in [9.17, 15) is 0 Å². The maximum absolute atomic E-state index is 3.70. The molecular formula is C4H10Si3. The third-order valence-corrected chi connectivity index (χ3v) is 8.28. The van der Waals surface area contributed by atoms with Crippen LogP contribution in [0.5, 0.6) is 0 Å². The van der Waals surface area contributed by atoms with Crippen molar-refractivity contribution in [3.05, 3.63) is 0 Å². The standard InChI is InChI=1S/C4H10Si3/c1-3-6-7(5)4-2/h3-4H2,1-2H3. The van der Waals surface area contributed by atoms with E-state index in [4.69, 9.17) is 0 Å². The first-order valence-electron chi connectivity index (χ1n) is 2.62. The van der Waals surface area contributed by atoms with Gasteiger partial charge >= 0.3 is 0 Å². The first-order valence-corrected chi connectivity index (χ1v) is 8.04. The van der Waals surface area contributed by atoms with E-state index >= 15 is 0 Å². The van der Waals surface area contributed by atoms with Crippen LogP contribution in [0.4, 0.5) is 0 Å². The Morgan fingerprint density at radius 3 is 2.29 bits per heavy atom. The van der Waals surface area contributed by atoms with E-state index in [1.165, 1.54) is 21.1 Å². The van der Waals surface area contributed by atoms with Crippen LogP contribution >= 0.6 is 0 Å². The summed E-state index contributed by atoms with van der Waals surface area (Å²) < 4.78 is 0. The lowest BCUT2D eigenvalue weighted by Gasteiger charge is -1.98. The van der Waals surface area contributed by atoms with E-state index in [0.717, 1.165) is 0 Å². The SMILES string of the molecule is CC[Si][Si]([Si])CC. The zero-order chi connectivity index (χ0) is 5.70. The van der Waals surface area contributed by atoms with Gasteiger partial charge in [-0.05, 0) is 0 Å². The highest BCUT2D eigenvalue weighted by atomic mass is 29.5. The van der Waals surface area contributed by atoms with Gasteiger partial charge in [-0.25, -0.2) is 0 Å². The number of hydrogen-bond donors (Lipinski definition) is 0. The van der Waals surface area contributed by atoms with Crippen LogP contribution in [0, 0.1) is 0 Å². The molecule has 0 bridgehead atoms. The van der Waals surface area contributed by atoms with E-state index in [1.807, 2.05) is 0 Å². The molecule has 0 aromatic heterocycles. The Hall–Kier alpha value is 0.651. The molecular weight excluding hydrogens is 132 g/mol. The molecule has 0 nitrogen and oxygen atoms in total. The second-order valence-corrected chi connectivity index (χ2v) is 10.3. The highest BCUT2D eigenvalue weighted by Gasteiger charge is 1.96. The van der Waals surface area contributed by atoms with Crippen LogP contribution in [-0.4, -0.2) is 26.6 Å². The molecule has 0 fully saturated rings. The van der Waals surface area contributed by atoms with Crippen LogP contribution in [-0.2, 0) is 0 Å². The molecule has 0 amide bonds. The van der Waals surface area contributed by atoms with Gasteiger partial charge in [-0.3, -0.25) is 0 Å². The Morgan fingerprint density at radius 2 is 2.14 bits per heavy atom. The summed E-state index contributed by atoms with van der Waals surface area (Å²) in [5, 5.41) is 0. The summed E-state index contributed by atoms with van der Waals surface area (Å²) in [6.07, 6.45) is 0. The minimum atomic E-state index is -0.0466. The van der Waals surface area contributed by atoms with Gasteiger partial charge in [0.1, 0.15) is 0 Å². The summed E-state index contributed by atoms with van der Waals surface area (Å²) in [6, 6.07) is 2.74. The second-order valence-electron chi connectivity index (χ2n) is 1.36. The van der Waals surface area contributed by atoms with Crippen molar-refractivity contribution in [2.45, 2.75) is 25.9 Å². The lowest BCUT2D eigenvalue weighted by molar-refractivity contribution is 1.44. The maximum Gasteiger partial charge on any atom is 0.0215 e. The first kappa shape index (κ1) is 7.65. The summed E-state index contributed by atoms with van der Waals surface area (Å²) in [7, 11) is 4.85. The van der Waals surface area contributed by atoms with Crippen molar-refractivity contribution in [2.24, 2.45) is 0 Å². The molecule has 0 aromatic carbocycles. The Kier molecular flexibility index (Phi) is 5.25. The monoisotopic (exact) mass is 142 g/mol. The maximum atomic E-state index is 3.70. The minimum Gasteiger partial charge on any atom is -0.0684 e. The van der Waals surface area contributed by atoms with Crippen molar-refractivity contribution in [3.8, 4) is 0 Å². The molecule has 7 heavy (non-hydrogen) atoms. The molecule has 0 aliphatic carbocycles. The molecule has 0 atom stereocenters. The van der Waals surface area contributed by atoms with Crippen LogP contribution in [0.3, 0.4) is 0 Å². The van der Waals surface area contributed by atoms with Crippen molar-refractivity contribution in [1.82, 2.24) is 0 Å². The summed E-state index contributed by atoms with van der Waals surface area (Å²) in [6.45, 7) is 4.50. The molecule has 0 saturated heterocycles. The Labute approximate surface area is 53.1 Å². The number of hydrogen-bond acceptors (Lipinski definition) is 0. The van der Waals surface area contributed by atoms with Gasteiger partial charge in [-0.2, -0.15) is 0 Å². The fourth-order valence-corrected chi connectivity index (χ4v) is 4.64. The first-order chi connectivity index (χ1) is 3.31. The zero-order valence-electron chi connectivity index (χ0n) is 4.91. The van der Waals surface area contributed by atoms with Crippen molar-refractivity contribution in [2.75, 3.05) is 0 Å². The smallest absolute Gasteiger partial charge is 0.0215 e. The van der Waals surface area contributed by atoms with E-state index < -0.39 is 0 Å². The predicted molar refractivity (Wildman–Crippen MR) is 38.2 cm³/mol. The van der Waals surface area contributed by atoms with Crippen LogP contribution in [0.15, 0.2) is 0 Å². The Morgan fingerprint density at radius 1 is 1.57 bits per heavy atom. The Bertz CT molecular complexity index is 37.9. The van der Waals surface area contributed by atoms with Gasteiger partial charge in [0.2, 0.25) is 0 Å². The van der Waals surface area contributed by atoms with Crippen molar-refractivity contribution in [1.29, 1.82) is 0 Å². The zero-order valence-corrected chi connectivity index (χ0v) is 7.91. The van der Waals surface area contributed by atoms with Crippen LogP contribution in [0.1, 0.15) is 13.8 Å². The Balaban J connectivity index is 2.83. The van der Waals surface area contributed by atoms with Crippen molar-refractivity contribution >= 4 is 26.6 Å². The molecule has 0 unspecified atom stereocenters. The van der Waals surface area contributed by atoms with Crippen molar-refractivity contribution < 1.29 is 0 Å². The van der Waals surface area contributed by atoms with E-state index in [2.05, 4.69) is 23.6 Å². The summed E-state index contributed by atoms with van der Waals surface area (Å²) in [4.78, 5) is 0. The summed E-state index contributed by atoms with van der Waals surface area (Å²) >= 11 is 0. The molecule has 0 aliphatic rings. The van der Waals surface area contributed by atoms with Gasteiger partial charge in [0.25, 0.3) is 0 Å². The molecule has 0 heterocycles. The molecule has 0 saturated carbocycles. The third kappa shape index (κ3) is 4.50. The third-order valence-electron chi connectivity index (χ3n) is 0.744. The van der Waals surface area contributed by atoms with Crippen LogP contribution < -0.4 is 0 Å². The molecule has 0 spiro atoms.